The second-order valence-corrected chi connectivity index (χ2v) is 5.93. The Hall–Kier alpha value is -0.0400. The first-order chi connectivity index (χ1) is 7.67. The van der Waals surface area contributed by atoms with Crippen LogP contribution in [0.1, 0.15) is 66.2 Å². The van der Waals surface area contributed by atoms with E-state index in [9.17, 15) is 0 Å². The zero-order chi connectivity index (χ0) is 12.0. The number of rotatable bonds is 6. The average Bonchev–Trinajstić information content (AvgIpc) is 2.26. The van der Waals surface area contributed by atoms with Gasteiger partial charge in [-0.2, -0.15) is 0 Å². The minimum atomic E-state index is 0.888. The lowest BCUT2D eigenvalue weighted by molar-refractivity contribution is 0.135. The van der Waals surface area contributed by atoms with E-state index < -0.39 is 0 Å². The Labute approximate surface area is 103 Å². The molecule has 1 nitrogen and oxygen atoms in total. The Bertz CT molecular complexity index is 168. The van der Waals surface area contributed by atoms with E-state index in [0.717, 1.165) is 17.9 Å². The fourth-order valence-electron chi connectivity index (χ4n) is 3.30. The fourth-order valence-corrected chi connectivity index (χ4v) is 3.30. The van der Waals surface area contributed by atoms with E-state index in [1.165, 1.54) is 51.6 Å². The van der Waals surface area contributed by atoms with Crippen molar-refractivity contribution in [3.8, 4) is 0 Å². The van der Waals surface area contributed by atoms with Gasteiger partial charge in [-0.1, -0.05) is 27.7 Å². The van der Waals surface area contributed by atoms with Crippen LogP contribution in [0.3, 0.4) is 0 Å². The van der Waals surface area contributed by atoms with Crippen LogP contribution in [0.25, 0.3) is 0 Å². The molecule has 0 atom stereocenters. The molecule has 0 radical (unpaired) electrons. The van der Waals surface area contributed by atoms with Crippen LogP contribution < -0.4 is 0 Å². The maximum Gasteiger partial charge on any atom is 0.00953 e. The van der Waals surface area contributed by atoms with Gasteiger partial charge in [0.15, 0.2) is 0 Å². The molecule has 16 heavy (non-hydrogen) atoms. The third-order valence-corrected chi connectivity index (χ3v) is 4.05. The smallest absolute Gasteiger partial charge is 0.00953 e. The van der Waals surface area contributed by atoms with Gasteiger partial charge in [-0.25, -0.2) is 0 Å². The molecule has 1 aliphatic rings. The van der Waals surface area contributed by atoms with Crippen molar-refractivity contribution in [3.63, 3.8) is 0 Å². The molecule has 0 unspecified atom stereocenters. The van der Waals surface area contributed by atoms with E-state index in [0.29, 0.717) is 0 Å². The highest BCUT2D eigenvalue weighted by Gasteiger charge is 2.24. The van der Waals surface area contributed by atoms with Crippen LogP contribution in [0.2, 0.25) is 0 Å². The third-order valence-electron chi connectivity index (χ3n) is 4.05. The summed E-state index contributed by atoms with van der Waals surface area (Å²) in [4.78, 5) is 2.70. The molecule has 96 valence electrons. The topological polar surface area (TPSA) is 3.24 Å². The van der Waals surface area contributed by atoms with Gasteiger partial charge >= 0.3 is 0 Å². The molecular weight excluding hydrogens is 194 g/mol. The summed E-state index contributed by atoms with van der Waals surface area (Å²) in [5.41, 5.74) is 0. The van der Waals surface area contributed by atoms with Crippen LogP contribution >= 0.6 is 0 Å². The minimum absolute atomic E-state index is 0.888. The van der Waals surface area contributed by atoms with Crippen LogP contribution in [0.5, 0.6) is 0 Å². The summed E-state index contributed by atoms with van der Waals surface area (Å²) in [6.45, 7) is 11.9. The second-order valence-electron chi connectivity index (χ2n) is 5.93. The molecule has 0 heterocycles. The van der Waals surface area contributed by atoms with Gasteiger partial charge in [0.05, 0.1) is 0 Å². The van der Waals surface area contributed by atoms with Crippen molar-refractivity contribution in [2.24, 2.45) is 11.8 Å². The Morgan fingerprint density at radius 2 is 1.69 bits per heavy atom. The van der Waals surface area contributed by atoms with Gasteiger partial charge in [0, 0.05) is 6.04 Å². The summed E-state index contributed by atoms with van der Waals surface area (Å²) in [6.07, 6.45) is 8.61. The lowest BCUT2D eigenvalue weighted by Crippen LogP contribution is -2.38. The number of hydrogen-bond donors (Lipinski definition) is 0. The zero-order valence-corrected chi connectivity index (χ0v) is 11.8. The zero-order valence-electron chi connectivity index (χ0n) is 11.8. The van der Waals surface area contributed by atoms with Gasteiger partial charge in [0.1, 0.15) is 0 Å². The summed E-state index contributed by atoms with van der Waals surface area (Å²) in [6, 6.07) is 0.897. The predicted molar refractivity (Wildman–Crippen MR) is 72.7 cm³/mol. The van der Waals surface area contributed by atoms with Crippen LogP contribution in [0.15, 0.2) is 0 Å². The highest BCUT2D eigenvalue weighted by atomic mass is 15.1. The van der Waals surface area contributed by atoms with E-state index in [-0.39, 0.29) is 0 Å². The molecule has 1 aliphatic carbocycles. The lowest BCUT2D eigenvalue weighted by atomic mass is 9.81. The molecule has 1 heteroatoms. The van der Waals surface area contributed by atoms with E-state index in [4.69, 9.17) is 0 Å². The average molecular weight is 225 g/mol. The maximum atomic E-state index is 2.70. The molecule has 0 aromatic rings. The predicted octanol–water partition coefficient (Wildman–Crippen LogP) is 4.32. The van der Waals surface area contributed by atoms with Crippen molar-refractivity contribution < 1.29 is 0 Å². The molecule has 0 aromatic heterocycles. The van der Waals surface area contributed by atoms with Crippen LogP contribution in [-0.4, -0.2) is 24.0 Å². The fraction of sp³-hybridized carbons (Fsp3) is 1.00. The van der Waals surface area contributed by atoms with Gasteiger partial charge in [-0.05, 0) is 63.5 Å². The first kappa shape index (κ1) is 14.0. The van der Waals surface area contributed by atoms with Crippen LogP contribution in [0, 0.1) is 11.8 Å². The van der Waals surface area contributed by atoms with Crippen molar-refractivity contribution >= 4 is 0 Å². The summed E-state index contributed by atoms with van der Waals surface area (Å²) in [5, 5.41) is 0. The summed E-state index contributed by atoms with van der Waals surface area (Å²) < 4.78 is 0. The van der Waals surface area contributed by atoms with Gasteiger partial charge in [0.2, 0.25) is 0 Å². The SMILES string of the molecule is CCCN(CC)C1CCC(CC(C)C)CC1. The molecule has 0 amide bonds. The first-order valence-electron chi connectivity index (χ1n) is 7.41. The van der Waals surface area contributed by atoms with E-state index in [2.05, 4.69) is 32.6 Å². The molecule has 0 spiro atoms. The third kappa shape index (κ3) is 4.45. The van der Waals surface area contributed by atoms with Crippen molar-refractivity contribution in [2.75, 3.05) is 13.1 Å². The molecule has 0 N–H and O–H groups in total. The van der Waals surface area contributed by atoms with E-state index >= 15 is 0 Å². The molecule has 0 aromatic carbocycles. The van der Waals surface area contributed by atoms with Crippen molar-refractivity contribution in [3.05, 3.63) is 0 Å². The monoisotopic (exact) mass is 225 g/mol. The number of nitrogens with zero attached hydrogens (tertiary/aromatic N) is 1. The second kappa shape index (κ2) is 7.32. The summed E-state index contributed by atoms with van der Waals surface area (Å²) >= 11 is 0. The molecule has 1 saturated carbocycles. The Morgan fingerprint density at radius 1 is 1.06 bits per heavy atom. The molecule has 0 bridgehead atoms. The Kier molecular flexibility index (Phi) is 6.41. The highest BCUT2D eigenvalue weighted by Crippen LogP contribution is 2.31. The minimum Gasteiger partial charge on any atom is -0.301 e. The molecule has 0 saturated heterocycles. The first-order valence-corrected chi connectivity index (χ1v) is 7.41. The van der Waals surface area contributed by atoms with Crippen molar-refractivity contribution in [1.29, 1.82) is 0 Å². The lowest BCUT2D eigenvalue weighted by Gasteiger charge is -2.36. The van der Waals surface area contributed by atoms with Gasteiger partial charge in [0.25, 0.3) is 0 Å². The van der Waals surface area contributed by atoms with Crippen molar-refractivity contribution in [2.45, 2.75) is 72.3 Å². The van der Waals surface area contributed by atoms with E-state index in [1.54, 1.807) is 0 Å². The van der Waals surface area contributed by atoms with Crippen molar-refractivity contribution in [1.82, 2.24) is 4.90 Å². The Balaban J connectivity index is 2.29. The van der Waals surface area contributed by atoms with Gasteiger partial charge < -0.3 is 4.90 Å². The van der Waals surface area contributed by atoms with Crippen LogP contribution in [0.4, 0.5) is 0 Å². The molecule has 1 rings (SSSR count). The standard InChI is InChI=1S/C15H31N/c1-5-11-16(6-2)15-9-7-14(8-10-15)12-13(3)4/h13-15H,5-12H2,1-4H3. The van der Waals surface area contributed by atoms with Crippen LogP contribution in [-0.2, 0) is 0 Å². The molecular formula is C15H31N. The quantitative estimate of drug-likeness (QED) is 0.650. The normalized spacial score (nSPS) is 26.6. The summed E-state index contributed by atoms with van der Waals surface area (Å²) in [5.74, 6) is 1.91. The largest absolute Gasteiger partial charge is 0.301 e. The summed E-state index contributed by atoms with van der Waals surface area (Å²) in [7, 11) is 0. The number of hydrogen-bond acceptors (Lipinski definition) is 1. The molecule has 1 fully saturated rings. The van der Waals surface area contributed by atoms with E-state index in [1.807, 2.05) is 0 Å². The maximum absolute atomic E-state index is 2.70. The van der Waals surface area contributed by atoms with Gasteiger partial charge in [-0.3, -0.25) is 0 Å². The Morgan fingerprint density at radius 3 is 2.12 bits per heavy atom. The highest BCUT2D eigenvalue weighted by molar-refractivity contribution is 4.79. The van der Waals surface area contributed by atoms with Gasteiger partial charge in [-0.15, -0.1) is 0 Å². The molecule has 0 aliphatic heterocycles.